The monoisotopic (exact) mass is 489 g/mol. The van der Waals surface area contributed by atoms with E-state index >= 15 is 0 Å². The van der Waals surface area contributed by atoms with Crippen LogP contribution in [0, 0.1) is 0 Å². The third kappa shape index (κ3) is 4.38. The zero-order valence-electron chi connectivity index (χ0n) is 20.2. The first-order valence-electron chi connectivity index (χ1n) is 12.4. The van der Waals surface area contributed by atoms with Gasteiger partial charge in [-0.05, 0) is 29.7 Å². The van der Waals surface area contributed by atoms with Gasteiger partial charge in [0.2, 0.25) is 11.8 Å². The van der Waals surface area contributed by atoms with Gasteiger partial charge < -0.3 is 30.2 Å². The van der Waals surface area contributed by atoms with Gasteiger partial charge in [-0.1, -0.05) is 43.3 Å². The number of ether oxygens (including phenoxy) is 1. The van der Waals surface area contributed by atoms with Crippen molar-refractivity contribution in [2.75, 3.05) is 19.7 Å². The number of rotatable bonds is 8. The first-order chi connectivity index (χ1) is 17.5. The van der Waals surface area contributed by atoms with Crippen LogP contribution < -0.4 is 10.1 Å². The smallest absolute Gasteiger partial charge is 0.247 e. The highest BCUT2D eigenvalue weighted by Gasteiger charge is 2.50. The van der Waals surface area contributed by atoms with Crippen LogP contribution in [-0.4, -0.2) is 69.9 Å². The summed E-state index contributed by atoms with van der Waals surface area (Å²) in [6, 6.07) is 16.8. The van der Waals surface area contributed by atoms with Crippen molar-refractivity contribution in [3.63, 3.8) is 0 Å². The fraction of sp³-hybridized carbons (Fsp3) is 0.357. The van der Waals surface area contributed by atoms with Crippen LogP contribution >= 0.6 is 0 Å². The zero-order valence-corrected chi connectivity index (χ0v) is 20.2. The predicted molar refractivity (Wildman–Crippen MR) is 136 cm³/mol. The molecule has 2 aliphatic rings. The van der Waals surface area contributed by atoms with Crippen LogP contribution in [0.25, 0.3) is 10.9 Å². The molecule has 2 amide bonds. The number of fused-ring (bicyclic) bond motifs is 4. The summed E-state index contributed by atoms with van der Waals surface area (Å²) in [6.45, 7) is 2.09. The normalized spacial score (nSPS) is 22.4. The number of para-hydroxylation sites is 2. The predicted octanol–water partition coefficient (Wildman–Crippen LogP) is 2.27. The third-order valence-corrected chi connectivity index (χ3v) is 7.07. The SMILES string of the molecule is CCC(=O)N(CCc1cc2ccccc2[nH]1)[C@@H]1C=C(C(=O)NCCO)[C@@H]2c3ccccc3O[C@@H]2[C@H]1O. The Morgan fingerprint density at radius 3 is 2.69 bits per heavy atom. The molecule has 188 valence electrons. The Balaban J connectivity index is 1.47. The van der Waals surface area contributed by atoms with E-state index in [1.54, 1.807) is 17.9 Å². The van der Waals surface area contributed by atoms with Gasteiger partial charge in [-0.25, -0.2) is 0 Å². The summed E-state index contributed by atoms with van der Waals surface area (Å²) in [5.74, 6) is -0.288. The molecule has 0 fully saturated rings. The number of carbonyl (C=O) groups excluding carboxylic acids is 2. The molecule has 0 radical (unpaired) electrons. The molecule has 2 aromatic carbocycles. The number of benzene rings is 2. The summed E-state index contributed by atoms with van der Waals surface area (Å²) in [7, 11) is 0. The topological polar surface area (TPSA) is 115 Å². The molecule has 8 heteroatoms. The van der Waals surface area contributed by atoms with Crippen LogP contribution in [0.3, 0.4) is 0 Å². The summed E-state index contributed by atoms with van der Waals surface area (Å²) in [4.78, 5) is 31.3. The molecular formula is C28H31N3O5. The molecule has 1 aliphatic carbocycles. The minimum atomic E-state index is -1.02. The molecule has 1 aliphatic heterocycles. The Kier molecular flexibility index (Phi) is 6.80. The second-order valence-corrected chi connectivity index (χ2v) is 9.25. The van der Waals surface area contributed by atoms with Gasteiger partial charge in [0.25, 0.3) is 0 Å². The number of H-pyrrole nitrogens is 1. The molecule has 0 saturated heterocycles. The van der Waals surface area contributed by atoms with Crippen molar-refractivity contribution >= 4 is 22.7 Å². The van der Waals surface area contributed by atoms with Crippen LogP contribution in [0.5, 0.6) is 5.75 Å². The highest BCUT2D eigenvalue weighted by Crippen LogP contribution is 2.47. The molecular weight excluding hydrogens is 458 g/mol. The molecule has 5 rings (SSSR count). The van der Waals surface area contributed by atoms with E-state index in [2.05, 4.69) is 16.4 Å². The average Bonchev–Trinajstić information content (AvgIpc) is 3.50. The highest BCUT2D eigenvalue weighted by molar-refractivity contribution is 5.96. The largest absolute Gasteiger partial charge is 0.486 e. The number of nitrogens with one attached hydrogen (secondary N) is 2. The van der Waals surface area contributed by atoms with Gasteiger partial charge in [-0.2, -0.15) is 0 Å². The van der Waals surface area contributed by atoms with Crippen molar-refractivity contribution in [2.45, 2.75) is 43.9 Å². The van der Waals surface area contributed by atoms with Crippen molar-refractivity contribution < 1.29 is 24.5 Å². The number of aliphatic hydroxyl groups excluding tert-OH is 2. The van der Waals surface area contributed by atoms with Gasteiger partial charge in [0, 0.05) is 48.3 Å². The molecule has 1 aromatic heterocycles. The first kappa shape index (κ1) is 24.1. The zero-order chi connectivity index (χ0) is 25.2. The molecule has 4 atom stereocenters. The maximum absolute atomic E-state index is 13.2. The van der Waals surface area contributed by atoms with Crippen molar-refractivity contribution in [1.82, 2.24) is 15.2 Å². The van der Waals surface area contributed by atoms with Gasteiger partial charge in [0.1, 0.15) is 18.0 Å². The number of aromatic amines is 1. The van der Waals surface area contributed by atoms with E-state index in [9.17, 15) is 19.8 Å². The van der Waals surface area contributed by atoms with Crippen molar-refractivity contribution in [3.05, 3.63) is 77.5 Å². The van der Waals surface area contributed by atoms with Crippen molar-refractivity contribution in [3.8, 4) is 5.75 Å². The van der Waals surface area contributed by atoms with Gasteiger partial charge in [0.05, 0.1) is 18.6 Å². The number of hydrogen-bond acceptors (Lipinski definition) is 5. The second kappa shape index (κ2) is 10.2. The van der Waals surface area contributed by atoms with Crippen molar-refractivity contribution in [2.24, 2.45) is 0 Å². The third-order valence-electron chi connectivity index (χ3n) is 7.07. The number of nitrogens with zero attached hydrogens (tertiary/aromatic N) is 1. The Morgan fingerprint density at radius 1 is 1.14 bits per heavy atom. The number of aliphatic hydroxyl groups is 2. The average molecular weight is 490 g/mol. The van der Waals surface area contributed by atoms with Crippen LogP contribution in [0.1, 0.15) is 30.5 Å². The lowest BCUT2D eigenvalue weighted by atomic mass is 9.77. The highest BCUT2D eigenvalue weighted by atomic mass is 16.5. The fourth-order valence-electron chi connectivity index (χ4n) is 5.34. The van der Waals surface area contributed by atoms with Crippen LogP contribution in [-0.2, 0) is 16.0 Å². The van der Waals surface area contributed by atoms with E-state index in [0.717, 1.165) is 22.2 Å². The Labute approximate surface area is 209 Å². The lowest BCUT2D eigenvalue weighted by Gasteiger charge is -2.40. The molecule has 0 unspecified atom stereocenters. The number of carbonyl (C=O) groups is 2. The minimum absolute atomic E-state index is 0.112. The maximum atomic E-state index is 13.2. The number of hydrogen-bond donors (Lipinski definition) is 4. The Hall–Kier alpha value is -3.62. The molecule has 3 aromatic rings. The maximum Gasteiger partial charge on any atom is 0.247 e. The summed E-state index contributed by atoms with van der Waals surface area (Å²) in [6.07, 6.45) is 0.828. The quantitative estimate of drug-likeness (QED) is 0.388. The molecule has 0 saturated carbocycles. The molecule has 4 N–H and O–H groups in total. The number of amides is 2. The molecule has 8 nitrogen and oxygen atoms in total. The second-order valence-electron chi connectivity index (χ2n) is 9.25. The van der Waals surface area contributed by atoms with Crippen LogP contribution in [0.4, 0.5) is 0 Å². The van der Waals surface area contributed by atoms with E-state index in [0.29, 0.717) is 24.3 Å². The number of aromatic nitrogens is 1. The summed E-state index contributed by atoms with van der Waals surface area (Å²) in [5, 5.41) is 24.5. The lowest BCUT2D eigenvalue weighted by Crippen LogP contribution is -2.56. The van der Waals surface area contributed by atoms with Gasteiger partial charge in [-0.3, -0.25) is 9.59 Å². The Morgan fingerprint density at radius 2 is 1.92 bits per heavy atom. The summed E-state index contributed by atoms with van der Waals surface area (Å²) in [5.41, 5.74) is 3.29. The van der Waals surface area contributed by atoms with Gasteiger partial charge in [0.15, 0.2) is 0 Å². The summed E-state index contributed by atoms with van der Waals surface area (Å²) < 4.78 is 6.14. The molecule has 0 bridgehead atoms. The van der Waals surface area contributed by atoms with Crippen LogP contribution in [0.15, 0.2) is 66.2 Å². The fourth-order valence-corrected chi connectivity index (χ4v) is 5.34. The lowest BCUT2D eigenvalue weighted by molar-refractivity contribution is -0.136. The van der Waals surface area contributed by atoms with Gasteiger partial charge >= 0.3 is 0 Å². The summed E-state index contributed by atoms with van der Waals surface area (Å²) >= 11 is 0. The standard InChI is InChI=1S/C28H31N3O5/c1-2-24(33)31(13-11-18-15-17-7-3-5-9-21(17)30-18)22-16-20(28(35)29-12-14-32)25-19-8-4-6-10-23(19)36-27(25)26(22)34/h3-10,15-16,22,25-27,30,32,34H,2,11-14H2,1H3,(H,29,35)/t22-,25+,26+,27+/m1/s1. The van der Waals surface area contributed by atoms with E-state index in [1.807, 2.05) is 48.5 Å². The van der Waals surface area contributed by atoms with Crippen molar-refractivity contribution in [1.29, 1.82) is 0 Å². The van der Waals surface area contributed by atoms with E-state index in [4.69, 9.17) is 4.74 Å². The van der Waals surface area contributed by atoms with E-state index in [1.165, 1.54) is 0 Å². The van der Waals surface area contributed by atoms with E-state index in [-0.39, 0.29) is 31.4 Å². The van der Waals surface area contributed by atoms with E-state index < -0.39 is 24.2 Å². The molecule has 36 heavy (non-hydrogen) atoms. The Bertz CT molecular complexity index is 1270. The molecule has 0 spiro atoms. The minimum Gasteiger partial charge on any atom is -0.486 e. The molecule has 2 heterocycles. The van der Waals surface area contributed by atoms with Crippen LogP contribution in [0.2, 0.25) is 0 Å². The first-order valence-corrected chi connectivity index (χ1v) is 12.4. The van der Waals surface area contributed by atoms with Gasteiger partial charge in [-0.15, -0.1) is 0 Å².